The van der Waals surface area contributed by atoms with Gasteiger partial charge in [0.2, 0.25) is 0 Å². The predicted molar refractivity (Wildman–Crippen MR) is 50.8 cm³/mol. The monoisotopic (exact) mass is 185 g/mol. The Morgan fingerprint density at radius 2 is 2.31 bits per heavy atom. The summed E-state index contributed by atoms with van der Waals surface area (Å²) in [5.41, 5.74) is 0. The molecule has 0 spiro atoms. The van der Waals surface area contributed by atoms with Gasteiger partial charge in [-0.2, -0.15) is 0 Å². The van der Waals surface area contributed by atoms with Crippen LogP contribution in [0.4, 0.5) is 0 Å². The van der Waals surface area contributed by atoms with Crippen LogP contribution in [0.5, 0.6) is 0 Å². The van der Waals surface area contributed by atoms with Gasteiger partial charge in [0.15, 0.2) is 0 Å². The zero-order valence-corrected chi connectivity index (χ0v) is 8.29. The Kier molecular flexibility index (Phi) is 3.19. The molecular formula is C10H19NO2. The van der Waals surface area contributed by atoms with Gasteiger partial charge in [-0.05, 0) is 32.7 Å². The first-order chi connectivity index (χ1) is 6.40. The maximum absolute atomic E-state index is 5.92. The van der Waals surface area contributed by atoms with Crippen molar-refractivity contribution in [3.05, 3.63) is 0 Å². The third kappa shape index (κ3) is 2.22. The summed E-state index contributed by atoms with van der Waals surface area (Å²) in [5, 5.41) is 3.47. The molecule has 1 N–H and O–H groups in total. The van der Waals surface area contributed by atoms with E-state index in [0.717, 1.165) is 26.2 Å². The second-order valence-electron chi connectivity index (χ2n) is 3.88. The zero-order chi connectivity index (χ0) is 9.10. The van der Waals surface area contributed by atoms with Crippen molar-refractivity contribution in [2.24, 2.45) is 0 Å². The average molecular weight is 185 g/mol. The minimum atomic E-state index is 0.348. The minimum Gasteiger partial charge on any atom is -0.379 e. The second kappa shape index (κ2) is 4.40. The molecule has 76 valence electrons. The Bertz CT molecular complexity index is 163. The normalized spacial score (nSPS) is 39.0. The molecular weight excluding hydrogens is 166 g/mol. The molecule has 0 aromatic heterocycles. The Morgan fingerprint density at radius 1 is 1.38 bits per heavy atom. The molecule has 0 radical (unpaired) electrons. The molecule has 2 rings (SSSR count). The molecule has 0 aromatic carbocycles. The van der Waals surface area contributed by atoms with Gasteiger partial charge in [0.05, 0.1) is 18.8 Å². The summed E-state index contributed by atoms with van der Waals surface area (Å²) in [6.45, 7) is 4.73. The van der Waals surface area contributed by atoms with Crippen molar-refractivity contribution in [3.63, 3.8) is 0 Å². The highest BCUT2D eigenvalue weighted by molar-refractivity contribution is 4.89. The van der Waals surface area contributed by atoms with E-state index in [-0.39, 0.29) is 0 Å². The lowest BCUT2D eigenvalue weighted by molar-refractivity contribution is -0.0868. The lowest BCUT2D eigenvalue weighted by atomic mass is 10.0. The van der Waals surface area contributed by atoms with Gasteiger partial charge >= 0.3 is 0 Å². The fourth-order valence-corrected chi connectivity index (χ4v) is 2.25. The molecule has 0 unspecified atom stereocenters. The van der Waals surface area contributed by atoms with Crippen LogP contribution in [0.2, 0.25) is 0 Å². The molecule has 2 heterocycles. The lowest BCUT2D eigenvalue weighted by Gasteiger charge is -2.32. The Hall–Kier alpha value is -0.120. The van der Waals surface area contributed by atoms with Crippen LogP contribution in [0, 0.1) is 0 Å². The first-order valence-corrected chi connectivity index (χ1v) is 5.36. The van der Waals surface area contributed by atoms with Crippen LogP contribution in [0.3, 0.4) is 0 Å². The quantitative estimate of drug-likeness (QED) is 0.709. The van der Waals surface area contributed by atoms with Gasteiger partial charge in [0.25, 0.3) is 0 Å². The third-order valence-electron chi connectivity index (χ3n) is 2.96. The van der Waals surface area contributed by atoms with Crippen LogP contribution in [0.25, 0.3) is 0 Å². The Balaban J connectivity index is 1.76. The van der Waals surface area contributed by atoms with Crippen molar-refractivity contribution >= 4 is 0 Å². The van der Waals surface area contributed by atoms with Crippen LogP contribution in [-0.2, 0) is 9.47 Å². The number of hydrogen-bond donors (Lipinski definition) is 1. The van der Waals surface area contributed by atoms with E-state index in [0.29, 0.717) is 18.2 Å². The summed E-state index contributed by atoms with van der Waals surface area (Å²) in [4.78, 5) is 0. The fraction of sp³-hybridized carbons (Fsp3) is 1.00. The SMILES string of the molecule is CCOC[C@H]1CC[C@H]2NCC[C@H]2O1. The molecule has 3 heteroatoms. The average Bonchev–Trinajstić information content (AvgIpc) is 2.61. The van der Waals surface area contributed by atoms with Crippen LogP contribution in [0.15, 0.2) is 0 Å². The summed E-state index contributed by atoms with van der Waals surface area (Å²) < 4.78 is 11.3. The first-order valence-electron chi connectivity index (χ1n) is 5.36. The van der Waals surface area contributed by atoms with E-state index in [1.165, 1.54) is 12.8 Å². The van der Waals surface area contributed by atoms with E-state index < -0.39 is 0 Å². The van der Waals surface area contributed by atoms with Crippen LogP contribution < -0.4 is 5.32 Å². The van der Waals surface area contributed by atoms with Crippen molar-refractivity contribution in [3.8, 4) is 0 Å². The molecule has 3 nitrogen and oxygen atoms in total. The summed E-state index contributed by atoms with van der Waals surface area (Å²) in [6, 6.07) is 0.623. The molecule has 2 saturated heterocycles. The van der Waals surface area contributed by atoms with Crippen molar-refractivity contribution in [2.45, 2.75) is 44.4 Å². The van der Waals surface area contributed by atoms with E-state index in [4.69, 9.17) is 9.47 Å². The predicted octanol–water partition coefficient (Wildman–Crippen LogP) is 0.932. The number of ether oxygens (including phenoxy) is 2. The molecule has 2 fully saturated rings. The number of nitrogens with one attached hydrogen (secondary N) is 1. The maximum Gasteiger partial charge on any atom is 0.0813 e. The molecule has 0 saturated carbocycles. The zero-order valence-electron chi connectivity index (χ0n) is 8.29. The molecule has 3 atom stereocenters. The highest BCUT2D eigenvalue weighted by Gasteiger charge is 2.34. The van der Waals surface area contributed by atoms with Crippen molar-refractivity contribution in [1.82, 2.24) is 5.32 Å². The molecule has 0 aliphatic carbocycles. The fourth-order valence-electron chi connectivity index (χ4n) is 2.25. The standard InChI is InChI=1S/C10H19NO2/c1-2-12-7-8-3-4-9-10(13-8)5-6-11-9/h8-11H,2-7H2,1H3/t8-,9-,10-/m1/s1. The largest absolute Gasteiger partial charge is 0.379 e. The molecule has 0 aromatic rings. The van der Waals surface area contributed by atoms with E-state index in [2.05, 4.69) is 5.32 Å². The number of hydrogen-bond acceptors (Lipinski definition) is 3. The second-order valence-corrected chi connectivity index (χ2v) is 3.88. The molecule has 0 amide bonds. The summed E-state index contributed by atoms with van der Waals surface area (Å²) in [6.07, 6.45) is 4.38. The molecule has 2 aliphatic rings. The minimum absolute atomic E-state index is 0.348. The highest BCUT2D eigenvalue weighted by Crippen LogP contribution is 2.25. The number of fused-ring (bicyclic) bond motifs is 1. The van der Waals surface area contributed by atoms with Gasteiger partial charge in [0.1, 0.15) is 0 Å². The highest BCUT2D eigenvalue weighted by atomic mass is 16.5. The summed E-state index contributed by atoms with van der Waals surface area (Å²) >= 11 is 0. The lowest BCUT2D eigenvalue weighted by Crippen LogP contribution is -2.41. The van der Waals surface area contributed by atoms with E-state index >= 15 is 0 Å². The van der Waals surface area contributed by atoms with E-state index in [1.807, 2.05) is 6.92 Å². The smallest absolute Gasteiger partial charge is 0.0813 e. The van der Waals surface area contributed by atoms with Gasteiger partial charge in [-0.3, -0.25) is 0 Å². The maximum atomic E-state index is 5.92. The summed E-state index contributed by atoms with van der Waals surface area (Å²) in [5.74, 6) is 0. The van der Waals surface area contributed by atoms with Gasteiger partial charge < -0.3 is 14.8 Å². The van der Waals surface area contributed by atoms with Gasteiger partial charge in [0, 0.05) is 12.6 Å². The van der Waals surface area contributed by atoms with Gasteiger partial charge in [-0.15, -0.1) is 0 Å². The Morgan fingerprint density at radius 3 is 3.15 bits per heavy atom. The Labute approximate surface area is 79.8 Å². The van der Waals surface area contributed by atoms with Crippen molar-refractivity contribution in [1.29, 1.82) is 0 Å². The summed E-state index contributed by atoms with van der Waals surface area (Å²) in [7, 11) is 0. The third-order valence-corrected chi connectivity index (χ3v) is 2.96. The van der Waals surface area contributed by atoms with Crippen LogP contribution >= 0.6 is 0 Å². The molecule has 2 aliphatic heterocycles. The van der Waals surface area contributed by atoms with Crippen LogP contribution in [0.1, 0.15) is 26.2 Å². The first kappa shape index (κ1) is 9.44. The topological polar surface area (TPSA) is 30.5 Å². The van der Waals surface area contributed by atoms with Gasteiger partial charge in [-0.1, -0.05) is 0 Å². The number of rotatable bonds is 3. The van der Waals surface area contributed by atoms with Gasteiger partial charge in [-0.25, -0.2) is 0 Å². The van der Waals surface area contributed by atoms with Crippen molar-refractivity contribution in [2.75, 3.05) is 19.8 Å². The molecule has 0 bridgehead atoms. The van der Waals surface area contributed by atoms with E-state index in [9.17, 15) is 0 Å². The van der Waals surface area contributed by atoms with E-state index in [1.54, 1.807) is 0 Å². The van der Waals surface area contributed by atoms with Crippen molar-refractivity contribution < 1.29 is 9.47 Å². The van der Waals surface area contributed by atoms with Crippen LogP contribution in [-0.4, -0.2) is 38.0 Å². The molecule has 13 heavy (non-hydrogen) atoms.